The Labute approximate surface area is 118 Å². The number of ether oxygens (including phenoxy) is 1. The largest absolute Gasteiger partial charge is 0.488 e. The van der Waals surface area contributed by atoms with Gasteiger partial charge in [-0.3, -0.25) is 0 Å². The van der Waals surface area contributed by atoms with E-state index >= 15 is 0 Å². The highest BCUT2D eigenvalue weighted by molar-refractivity contribution is 7.86. The van der Waals surface area contributed by atoms with Crippen molar-refractivity contribution >= 4 is 10.2 Å². The van der Waals surface area contributed by atoms with Gasteiger partial charge in [-0.1, -0.05) is 30.3 Å². The number of halogens is 1. The quantitative estimate of drug-likeness (QED) is 0.810. The Morgan fingerprint density at radius 1 is 1.05 bits per heavy atom. The second-order valence-corrected chi connectivity index (χ2v) is 5.95. The Bertz CT molecular complexity index is 686. The standard InChI is InChI=1S/C15H15FO3S/c1-11-8-14(20(16,17)18)9-12(2)15(11)19-10-13-6-4-3-5-7-13/h3-9H,10H2,1-2H3. The van der Waals surface area contributed by atoms with Crippen LogP contribution in [0.25, 0.3) is 0 Å². The highest BCUT2D eigenvalue weighted by Gasteiger charge is 2.16. The molecule has 0 saturated carbocycles. The van der Waals surface area contributed by atoms with E-state index in [9.17, 15) is 12.3 Å². The molecule has 0 heterocycles. The SMILES string of the molecule is Cc1cc(S(=O)(=O)F)cc(C)c1OCc1ccccc1. The van der Waals surface area contributed by atoms with E-state index in [0.29, 0.717) is 23.5 Å². The van der Waals surface area contributed by atoms with Crippen LogP contribution in [0.5, 0.6) is 5.75 Å². The van der Waals surface area contributed by atoms with Crippen LogP contribution in [0.1, 0.15) is 16.7 Å². The molecule has 5 heteroatoms. The third kappa shape index (κ3) is 3.36. The molecule has 3 nitrogen and oxygen atoms in total. The van der Waals surface area contributed by atoms with Gasteiger partial charge in [-0.2, -0.15) is 8.42 Å². The van der Waals surface area contributed by atoms with Crippen molar-refractivity contribution < 1.29 is 17.0 Å². The van der Waals surface area contributed by atoms with E-state index in [4.69, 9.17) is 4.74 Å². The Balaban J connectivity index is 2.25. The number of aryl methyl sites for hydroxylation is 2. The second kappa shape index (κ2) is 5.63. The molecule has 2 rings (SSSR count). The summed E-state index contributed by atoms with van der Waals surface area (Å²) in [6.07, 6.45) is 0. The number of rotatable bonds is 4. The van der Waals surface area contributed by atoms with Crippen LogP contribution in [-0.4, -0.2) is 8.42 Å². The molecule has 0 atom stereocenters. The first-order valence-corrected chi connectivity index (χ1v) is 7.49. The van der Waals surface area contributed by atoms with Gasteiger partial charge < -0.3 is 4.74 Å². The minimum atomic E-state index is -4.69. The topological polar surface area (TPSA) is 43.4 Å². The van der Waals surface area contributed by atoms with E-state index in [-0.39, 0.29) is 4.90 Å². The van der Waals surface area contributed by atoms with E-state index in [1.165, 1.54) is 12.1 Å². The molecule has 0 aliphatic rings. The highest BCUT2D eigenvalue weighted by atomic mass is 32.3. The Morgan fingerprint density at radius 2 is 1.60 bits per heavy atom. The van der Waals surface area contributed by atoms with Gasteiger partial charge in [-0.15, -0.1) is 3.89 Å². The maximum absolute atomic E-state index is 13.0. The molecule has 0 aliphatic carbocycles. The van der Waals surface area contributed by atoms with Crippen LogP contribution in [0, 0.1) is 13.8 Å². The second-order valence-electron chi connectivity index (χ2n) is 4.60. The van der Waals surface area contributed by atoms with Crippen LogP contribution in [-0.2, 0) is 16.8 Å². The summed E-state index contributed by atoms with van der Waals surface area (Å²) in [5.41, 5.74) is 2.20. The molecular weight excluding hydrogens is 279 g/mol. The lowest BCUT2D eigenvalue weighted by Gasteiger charge is -2.13. The van der Waals surface area contributed by atoms with E-state index in [1.54, 1.807) is 13.8 Å². The predicted octanol–water partition coefficient (Wildman–Crippen LogP) is 3.54. The summed E-state index contributed by atoms with van der Waals surface area (Å²) < 4.78 is 40.5. The summed E-state index contributed by atoms with van der Waals surface area (Å²) in [7, 11) is -4.69. The lowest BCUT2D eigenvalue weighted by atomic mass is 10.1. The van der Waals surface area contributed by atoms with Crippen molar-refractivity contribution in [1.29, 1.82) is 0 Å². The molecule has 106 valence electrons. The molecular formula is C15H15FO3S. The van der Waals surface area contributed by atoms with Gasteiger partial charge in [0.1, 0.15) is 12.4 Å². The zero-order valence-corrected chi connectivity index (χ0v) is 12.1. The summed E-state index contributed by atoms with van der Waals surface area (Å²) in [5, 5.41) is 0. The fraction of sp³-hybridized carbons (Fsp3) is 0.200. The van der Waals surface area contributed by atoms with E-state index < -0.39 is 10.2 Å². The van der Waals surface area contributed by atoms with Crippen molar-refractivity contribution in [2.75, 3.05) is 0 Å². The number of benzene rings is 2. The highest BCUT2D eigenvalue weighted by Crippen LogP contribution is 2.28. The minimum absolute atomic E-state index is 0.334. The van der Waals surface area contributed by atoms with Gasteiger partial charge in [0, 0.05) is 0 Å². The van der Waals surface area contributed by atoms with Crippen molar-refractivity contribution in [3.63, 3.8) is 0 Å². The molecule has 0 unspecified atom stereocenters. The average Bonchev–Trinajstić information content (AvgIpc) is 2.37. The summed E-state index contributed by atoms with van der Waals surface area (Å²) >= 11 is 0. The molecule has 2 aromatic carbocycles. The lowest BCUT2D eigenvalue weighted by Crippen LogP contribution is -2.01. The van der Waals surface area contributed by atoms with Crippen LogP contribution < -0.4 is 4.74 Å². The average molecular weight is 294 g/mol. The monoisotopic (exact) mass is 294 g/mol. The van der Waals surface area contributed by atoms with Gasteiger partial charge in [0.2, 0.25) is 0 Å². The van der Waals surface area contributed by atoms with Gasteiger partial charge in [-0.05, 0) is 42.7 Å². The molecule has 0 aromatic heterocycles. The zero-order chi connectivity index (χ0) is 14.8. The third-order valence-electron chi connectivity index (χ3n) is 2.94. The smallest absolute Gasteiger partial charge is 0.332 e. The molecule has 20 heavy (non-hydrogen) atoms. The Hall–Kier alpha value is -1.88. The molecule has 0 fully saturated rings. The van der Waals surface area contributed by atoms with Gasteiger partial charge in [0.05, 0.1) is 4.90 Å². The first-order valence-electron chi connectivity index (χ1n) is 6.10. The van der Waals surface area contributed by atoms with Gasteiger partial charge in [0.25, 0.3) is 0 Å². The first kappa shape index (κ1) is 14.5. The van der Waals surface area contributed by atoms with Crippen molar-refractivity contribution in [3.05, 3.63) is 59.2 Å². The van der Waals surface area contributed by atoms with Crippen molar-refractivity contribution in [2.24, 2.45) is 0 Å². The summed E-state index contributed by atoms with van der Waals surface area (Å²) in [4.78, 5) is -0.334. The Kier molecular flexibility index (Phi) is 4.09. The van der Waals surface area contributed by atoms with Gasteiger partial charge in [-0.25, -0.2) is 0 Å². The van der Waals surface area contributed by atoms with E-state index in [0.717, 1.165) is 5.56 Å². The molecule has 0 saturated heterocycles. The first-order chi connectivity index (χ1) is 9.38. The molecule has 2 aromatic rings. The lowest BCUT2D eigenvalue weighted by molar-refractivity contribution is 0.301. The number of hydrogen-bond acceptors (Lipinski definition) is 3. The predicted molar refractivity (Wildman–Crippen MR) is 75.0 cm³/mol. The summed E-state index contributed by atoms with van der Waals surface area (Å²) in [6, 6.07) is 12.2. The summed E-state index contributed by atoms with van der Waals surface area (Å²) in [6.45, 7) is 3.77. The maximum Gasteiger partial charge on any atom is 0.332 e. The molecule has 0 N–H and O–H groups in total. The molecule has 0 spiro atoms. The third-order valence-corrected chi connectivity index (χ3v) is 3.74. The van der Waals surface area contributed by atoms with Crippen LogP contribution in [0.4, 0.5) is 3.89 Å². The van der Waals surface area contributed by atoms with Crippen LogP contribution in [0.15, 0.2) is 47.4 Å². The van der Waals surface area contributed by atoms with Crippen LogP contribution >= 0.6 is 0 Å². The fourth-order valence-corrected chi connectivity index (χ4v) is 2.64. The van der Waals surface area contributed by atoms with E-state index in [1.807, 2.05) is 30.3 Å². The summed E-state index contributed by atoms with van der Waals surface area (Å²) in [5.74, 6) is 0.584. The van der Waals surface area contributed by atoms with Gasteiger partial charge >= 0.3 is 10.2 Å². The van der Waals surface area contributed by atoms with Gasteiger partial charge in [0.15, 0.2) is 0 Å². The fourth-order valence-electron chi connectivity index (χ4n) is 2.01. The Morgan fingerprint density at radius 3 is 2.10 bits per heavy atom. The maximum atomic E-state index is 13.0. The van der Waals surface area contributed by atoms with Crippen molar-refractivity contribution in [2.45, 2.75) is 25.3 Å². The molecule has 0 amide bonds. The molecule has 0 aliphatic heterocycles. The van der Waals surface area contributed by atoms with Crippen molar-refractivity contribution in [3.8, 4) is 5.75 Å². The van der Waals surface area contributed by atoms with Crippen LogP contribution in [0.3, 0.4) is 0 Å². The minimum Gasteiger partial charge on any atom is -0.488 e. The normalized spacial score (nSPS) is 11.3. The zero-order valence-electron chi connectivity index (χ0n) is 11.3. The molecule has 0 radical (unpaired) electrons. The van der Waals surface area contributed by atoms with Crippen molar-refractivity contribution in [1.82, 2.24) is 0 Å². The molecule has 0 bridgehead atoms. The number of hydrogen-bond donors (Lipinski definition) is 0. The van der Waals surface area contributed by atoms with Crippen LogP contribution in [0.2, 0.25) is 0 Å². The van der Waals surface area contributed by atoms with E-state index in [2.05, 4.69) is 0 Å².